The van der Waals surface area contributed by atoms with Gasteiger partial charge in [0.05, 0.1) is 0 Å². The van der Waals surface area contributed by atoms with Gasteiger partial charge in [0, 0.05) is 31.3 Å². The first-order valence-electron chi connectivity index (χ1n) is 12.2. The molecule has 0 radical (unpaired) electrons. The fourth-order valence-corrected chi connectivity index (χ4v) is 3.85. The second-order valence-corrected chi connectivity index (χ2v) is 13.0. The molecule has 3 amide bonds. The SMILES string of the molecule is CC(C)(C)CCC(N)=O.CC(C)(C)C[C@@H]1CCCNC1=O.CC(C)(C)C[C@@H]1CCNC1=O. The van der Waals surface area contributed by atoms with Crippen molar-refractivity contribution in [3.8, 4) is 0 Å². The zero-order valence-electron chi connectivity index (χ0n) is 22.3. The van der Waals surface area contributed by atoms with Crippen molar-refractivity contribution in [2.24, 2.45) is 33.8 Å². The third-order valence-electron chi connectivity index (χ3n) is 5.40. The Morgan fingerprint density at radius 2 is 1.22 bits per heavy atom. The van der Waals surface area contributed by atoms with Crippen molar-refractivity contribution in [3.63, 3.8) is 0 Å². The van der Waals surface area contributed by atoms with Crippen molar-refractivity contribution >= 4 is 17.7 Å². The molecule has 0 unspecified atom stereocenters. The minimum Gasteiger partial charge on any atom is -0.370 e. The number of nitrogens with one attached hydrogen (secondary N) is 2. The lowest BCUT2D eigenvalue weighted by molar-refractivity contribution is -0.127. The van der Waals surface area contributed by atoms with E-state index in [1.54, 1.807) is 0 Å². The van der Waals surface area contributed by atoms with Gasteiger partial charge in [-0.05, 0) is 54.8 Å². The molecule has 0 bridgehead atoms. The lowest BCUT2D eigenvalue weighted by atomic mass is 9.81. The van der Waals surface area contributed by atoms with Gasteiger partial charge in [0.25, 0.3) is 0 Å². The van der Waals surface area contributed by atoms with E-state index >= 15 is 0 Å². The van der Waals surface area contributed by atoms with Crippen molar-refractivity contribution in [2.75, 3.05) is 13.1 Å². The number of nitrogens with two attached hydrogens (primary N) is 1. The number of amides is 3. The number of primary amides is 1. The van der Waals surface area contributed by atoms with E-state index in [0.29, 0.717) is 6.42 Å². The maximum Gasteiger partial charge on any atom is 0.223 e. The number of carbonyl (C=O) groups is 3. The molecule has 2 aliphatic heterocycles. The van der Waals surface area contributed by atoms with Gasteiger partial charge < -0.3 is 16.4 Å². The van der Waals surface area contributed by atoms with E-state index in [1.807, 2.05) is 0 Å². The van der Waals surface area contributed by atoms with Crippen LogP contribution in [0.5, 0.6) is 0 Å². The molecule has 2 heterocycles. The average Bonchev–Trinajstić information content (AvgIpc) is 2.98. The topological polar surface area (TPSA) is 101 Å². The molecular formula is C26H51N3O3. The minimum absolute atomic E-state index is 0.204. The first-order chi connectivity index (χ1) is 14.4. The summed E-state index contributed by atoms with van der Waals surface area (Å²) in [4.78, 5) is 32.8. The minimum atomic E-state index is -0.204. The molecule has 2 rings (SSSR count). The second-order valence-electron chi connectivity index (χ2n) is 13.0. The molecule has 0 spiro atoms. The van der Waals surface area contributed by atoms with E-state index in [9.17, 15) is 14.4 Å². The second kappa shape index (κ2) is 13.2. The number of rotatable bonds is 4. The number of hydrogen-bond donors (Lipinski definition) is 3. The van der Waals surface area contributed by atoms with E-state index in [1.165, 1.54) is 0 Å². The van der Waals surface area contributed by atoms with Crippen LogP contribution in [0.15, 0.2) is 0 Å². The van der Waals surface area contributed by atoms with E-state index < -0.39 is 0 Å². The quantitative estimate of drug-likeness (QED) is 0.569. The zero-order chi connectivity index (χ0) is 25.2. The number of hydrogen-bond acceptors (Lipinski definition) is 3. The van der Waals surface area contributed by atoms with Crippen molar-refractivity contribution in [2.45, 2.75) is 107 Å². The highest BCUT2D eigenvalue weighted by Gasteiger charge is 2.28. The largest absolute Gasteiger partial charge is 0.370 e. The van der Waals surface area contributed by atoms with Gasteiger partial charge in [-0.2, -0.15) is 0 Å². The van der Waals surface area contributed by atoms with Crippen LogP contribution in [-0.4, -0.2) is 30.8 Å². The molecule has 2 atom stereocenters. The molecule has 0 aromatic rings. The summed E-state index contributed by atoms with van der Waals surface area (Å²) in [5, 5.41) is 5.77. The van der Waals surface area contributed by atoms with Crippen LogP contribution >= 0.6 is 0 Å². The van der Waals surface area contributed by atoms with Crippen LogP contribution in [0.1, 0.15) is 107 Å². The molecule has 2 fully saturated rings. The third kappa shape index (κ3) is 17.0. The Labute approximate surface area is 197 Å². The summed E-state index contributed by atoms with van der Waals surface area (Å²) >= 11 is 0. The average molecular weight is 454 g/mol. The van der Waals surface area contributed by atoms with Crippen LogP contribution in [0.4, 0.5) is 0 Å². The Hall–Kier alpha value is -1.59. The molecule has 6 nitrogen and oxygen atoms in total. The summed E-state index contributed by atoms with van der Waals surface area (Å²) in [6, 6.07) is 0. The van der Waals surface area contributed by atoms with E-state index in [4.69, 9.17) is 5.73 Å². The zero-order valence-corrected chi connectivity index (χ0v) is 22.3. The van der Waals surface area contributed by atoms with Crippen LogP contribution < -0.4 is 16.4 Å². The molecule has 0 aromatic carbocycles. The molecule has 6 heteroatoms. The van der Waals surface area contributed by atoms with Crippen LogP contribution in [-0.2, 0) is 14.4 Å². The fourth-order valence-electron chi connectivity index (χ4n) is 3.85. The summed E-state index contributed by atoms with van der Waals surface area (Å²) in [6.07, 6.45) is 6.65. The molecule has 0 aromatic heterocycles. The lowest BCUT2D eigenvalue weighted by Gasteiger charge is -2.28. The smallest absolute Gasteiger partial charge is 0.223 e. The Morgan fingerprint density at radius 1 is 0.781 bits per heavy atom. The van der Waals surface area contributed by atoms with Crippen molar-refractivity contribution < 1.29 is 14.4 Å². The summed E-state index contributed by atoms with van der Waals surface area (Å²) in [5.41, 5.74) is 5.75. The van der Waals surface area contributed by atoms with E-state index in [0.717, 1.165) is 51.6 Å². The van der Waals surface area contributed by atoms with E-state index in [-0.39, 0.29) is 45.8 Å². The molecule has 2 aliphatic rings. The summed E-state index contributed by atoms with van der Waals surface area (Å²) in [7, 11) is 0. The molecule has 4 N–H and O–H groups in total. The number of piperidine rings is 1. The van der Waals surface area contributed by atoms with Crippen LogP contribution in [0, 0.1) is 28.1 Å². The first kappa shape index (κ1) is 30.4. The Balaban J connectivity index is 0.000000456. The third-order valence-corrected chi connectivity index (χ3v) is 5.40. The molecule has 2 saturated heterocycles. The van der Waals surface area contributed by atoms with Crippen molar-refractivity contribution in [3.05, 3.63) is 0 Å². The van der Waals surface area contributed by atoms with Crippen LogP contribution in [0.3, 0.4) is 0 Å². The molecule has 0 aliphatic carbocycles. The molecule has 188 valence electrons. The normalized spacial score (nSPS) is 21.4. The van der Waals surface area contributed by atoms with Gasteiger partial charge in [-0.3, -0.25) is 14.4 Å². The fraction of sp³-hybridized carbons (Fsp3) is 0.885. The summed E-state index contributed by atoms with van der Waals surface area (Å²) in [6.45, 7) is 21.1. The molecule has 0 saturated carbocycles. The molecular weight excluding hydrogens is 402 g/mol. The Morgan fingerprint density at radius 3 is 1.53 bits per heavy atom. The summed E-state index contributed by atoms with van der Waals surface area (Å²) in [5.74, 6) is 0.842. The van der Waals surface area contributed by atoms with Gasteiger partial charge >= 0.3 is 0 Å². The Bertz CT molecular complexity index is 595. The van der Waals surface area contributed by atoms with Crippen molar-refractivity contribution in [1.29, 1.82) is 0 Å². The summed E-state index contributed by atoms with van der Waals surface area (Å²) < 4.78 is 0. The van der Waals surface area contributed by atoms with Gasteiger partial charge in [-0.15, -0.1) is 0 Å². The highest BCUT2D eigenvalue weighted by Crippen LogP contribution is 2.29. The van der Waals surface area contributed by atoms with Gasteiger partial charge in [0.1, 0.15) is 0 Å². The molecule has 32 heavy (non-hydrogen) atoms. The van der Waals surface area contributed by atoms with Gasteiger partial charge in [-0.1, -0.05) is 62.3 Å². The highest BCUT2D eigenvalue weighted by molar-refractivity contribution is 5.80. The van der Waals surface area contributed by atoms with Crippen molar-refractivity contribution in [1.82, 2.24) is 10.6 Å². The number of carbonyl (C=O) groups excluding carboxylic acids is 3. The lowest BCUT2D eigenvalue weighted by Crippen LogP contribution is -2.38. The van der Waals surface area contributed by atoms with Gasteiger partial charge in [0.2, 0.25) is 17.7 Å². The predicted octanol–water partition coefficient (Wildman–Crippen LogP) is 4.81. The van der Waals surface area contributed by atoms with Gasteiger partial charge in [-0.25, -0.2) is 0 Å². The standard InChI is InChI=1S/C10H19NO.C9H17NO.C7H15NO/c1-10(2,3)7-8-5-4-6-11-9(8)12;1-9(2,3)6-7-4-5-10-8(7)11;1-7(2,3)5-4-6(8)9/h8H,4-7H2,1-3H3,(H,11,12);7H,4-6H2,1-3H3,(H,10,11);4-5H2,1-3H3,(H2,8,9)/t8-;7-;/m00./s1. The first-order valence-corrected chi connectivity index (χ1v) is 12.2. The Kier molecular flexibility index (Phi) is 12.5. The van der Waals surface area contributed by atoms with E-state index in [2.05, 4.69) is 72.9 Å². The maximum atomic E-state index is 11.4. The van der Waals surface area contributed by atoms with Crippen LogP contribution in [0.2, 0.25) is 0 Å². The monoisotopic (exact) mass is 453 g/mol. The maximum absolute atomic E-state index is 11.4. The van der Waals surface area contributed by atoms with Gasteiger partial charge in [0.15, 0.2) is 0 Å². The highest BCUT2D eigenvalue weighted by atomic mass is 16.2. The predicted molar refractivity (Wildman–Crippen MR) is 133 cm³/mol. The van der Waals surface area contributed by atoms with Crippen LogP contribution in [0.25, 0.3) is 0 Å².